The van der Waals surface area contributed by atoms with Crippen LogP contribution in [-0.2, 0) is 11.5 Å². The van der Waals surface area contributed by atoms with Gasteiger partial charge in [0.1, 0.15) is 18.1 Å². The Kier molecular flexibility index (Phi) is 5.47. The maximum absolute atomic E-state index is 6.14. The Balaban J connectivity index is 1.59. The number of pyridine rings is 2. The van der Waals surface area contributed by atoms with Gasteiger partial charge in [0, 0.05) is 56.0 Å². The zero-order valence-corrected chi connectivity index (χ0v) is 20.4. The fraction of sp³-hybridized carbons (Fsp3) is 0.400. The third kappa shape index (κ3) is 4.40. The van der Waals surface area contributed by atoms with Crippen molar-refractivity contribution in [2.75, 3.05) is 6.61 Å². The normalized spacial score (nSPS) is 14.4. The van der Waals surface area contributed by atoms with Crippen LogP contribution < -0.4 is 0 Å². The molecule has 0 spiro atoms. The molecule has 4 aromatic rings. The zero-order valence-electron chi connectivity index (χ0n) is 19.4. The van der Waals surface area contributed by atoms with Gasteiger partial charge in [0.25, 0.3) is 0 Å². The van der Waals surface area contributed by atoms with Crippen LogP contribution in [0.25, 0.3) is 28.2 Å². The highest BCUT2D eigenvalue weighted by atomic mass is 28.3. The molecular formula is C25H31N5OSi. The van der Waals surface area contributed by atoms with Gasteiger partial charge in [-0.3, -0.25) is 4.98 Å². The number of nitrogens with zero attached hydrogens (tertiary/aromatic N) is 5. The lowest BCUT2D eigenvalue weighted by Crippen LogP contribution is -2.22. The van der Waals surface area contributed by atoms with Crippen LogP contribution in [0.2, 0.25) is 25.7 Å². The molecule has 0 aliphatic heterocycles. The molecule has 0 bridgehead atoms. The van der Waals surface area contributed by atoms with Crippen LogP contribution in [0.5, 0.6) is 0 Å². The van der Waals surface area contributed by atoms with Crippen molar-refractivity contribution in [3.05, 3.63) is 60.3 Å². The van der Waals surface area contributed by atoms with Gasteiger partial charge in [-0.15, -0.1) is 0 Å². The number of hydrogen-bond donors (Lipinski definition) is 0. The zero-order chi connectivity index (χ0) is 22.3. The summed E-state index contributed by atoms with van der Waals surface area (Å²) in [5.41, 5.74) is 7.37. The third-order valence-corrected chi connectivity index (χ3v) is 7.68. The van der Waals surface area contributed by atoms with Crippen molar-refractivity contribution in [3.8, 4) is 22.5 Å². The molecule has 0 atom stereocenters. The van der Waals surface area contributed by atoms with Crippen LogP contribution in [0.1, 0.15) is 30.1 Å². The summed E-state index contributed by atoms with van der Waals surface area (Å²) < 4.78 is 10.3. The van der Waals surface area contributed by atoms with Gasteiger partial charge in [-0.05, 0) is 50.1 Å². The first kappa shape index (κ1) is 21.1. The van der Waals surface area contributed by atoms with Crippen molar-refractivity contribution in [1.29, 1.82) is 0 Å². The van der Waals surface area contributed by atoms with Crippen LogP contribution in [0.15, 0.2) is 48.9 Å². The number of imidazole rings is 1. The molecule has 1 fully saturated rings. The molecule has 6 nitrogen and oxygen atoms in total. The van der Waals surface area contributed by atoms with E-state index in [0.29, 0.717) is 12.6 Å². The SMILES string of the molecule is Cc1cccc(-c2nn(COCC[Si](C)(C)C)c(C3CC3)c2-c2ccc3nccn3c2)n1. The van der Waals surface area contributed by atoms with Gasteiger partial charge in [0.2, 0.25) is 0 Å². The molecule has 0 amide bonds. The molecule has 7 heteroatoms. The Morgan fingerprint density at radius 1 is 1.12 bits per heavy atom. The highest BCUT2D eigenvalue weighted by Crippen LogP contribution is 2.47. The maximum atomic E-state index is 6.14. The van der Waals surface area contributed by atoms with E-state index in [4.69, 9.17) is 14.8 Å². The summed E-state index contributed by atoms with van der Waals surface area (Å²) in [4.78, 5) is 9.22. The van der Waals surface area contributed by atoms with E-state index in [-0.39, 0.29) is 0 Å². The second kappa shape index (κ2) is 8.29. The van der Waals surface area contributed by atoms with Gasteiger partial charge in [0.15, 0.2) is 0 Å². The lowest BCUT2D eigenvalue weighted by atomic mass is 10.0. The molecule has 1 aliphatic rings. The lowest BCUT2D eigenvalue weighted by molar-refractivity contribution is 0.0767. The van der Waals surface area contributed by atoms with E-state index in [0.717, 1.165) is 40.9 Å². The van der Waals surface area contributed by atoms with Crippen LogP contribution in [0, 0.1) is 6.92 Å². The summed E-state index contributed by atoms with van der Waals surface area (Å²) in [6, 6.07) is 11.5. The van der Waals surface area contributed by atoms with Crippen LogP contribution in [0.4, 0.5) is 0 Å². The monoisotopic (exact) mass is 445 g/mol. The summed E-state index contributed by atoms with van der Waals surface area (Å²) in [6.07, 6.45) is 8.37. The summed E-state index contributed by atoms with van der Waals surface area (Å²) in [5.74, 6) is 0.523. The number of aryl methyl sites for hydroxylation is 1. The first-order valence-corrected chi connectivity index (χ1v) is 15.2. The van der Waals surface area contributed by atoms with Crippen LogP contribution in [-0.4, -0.2) is 38.8 Å². The lowest BCUT2D eigenvalue weighted by Gasteiger charge is -2.16. The average Bonchev–Trinajstić information content (AvgIpc) is 3.35. The highest BCUT2D eigenvalue weighted by Gasteiger charge is 2.34. The summed E-state index contributed by atoms with van der Waals surface area (Å²) >= 11 is 0. The fourth-order valence-electron chi connectivity index (χ4n) is 4.08. The first-order chi connectivity index (χ1) is 15.4. The van der Waals surface area contributed by atoms with E-state index in [1.165, 1.54) is 24.1 Å². The standard InChI is InChI=1S/C25H31N5OSi/c1-18-6-5-7-21(27-18)24-23(20-10-11-22-26-12-13-29(22)16-20)25(19-8-9-19)30(28-24)17-31-14-15-32(2,3)4/h5-7,10-13,16,19H,8-9,14-15,17H2,1-4H3. The van der Waals surface area contributed by atoms with E-state index in [1.807, 2.05) is 25.4 Å². The second-order valence-electron chi connectivity index (χ2n) is 10.0. The van der Waals surface area contributed by atoms with E-state index in [1.54, 1.807) is 0 Å². The van der Waals surface area contributed by atoms with Crippen molar-refractivity contribution in [3.63, 3.8) is 0 Å². The molecule has 5 rings (SSSR count). The van der Waals surface area contributed by atoms with Crippen molar-refractivity contribution in [2.45, 2.75) is 58.1 Å². The maximum Gasteiger partial charge on any atom is 0.139 e. The van der Waals surface area contributed by atoms with Crippen molar-refractivity contribution >= 4 is 13.7 Å². The number of rotatable bonds is 8. The Hall–Kier alpha value is -2.77. The number of hydrogen-bond acceptors (Lipinski definition) is 4. The predicted molar refractivity (Wildman–Crippen MR) is 130 cm³/mol. The fourth-order valence-corrected chi connectivity index (χ4v) is 4.84. The Bertz CT molecular complexity index is 1250. The molecule has 0 radical (unpaired) electrons. The molecular weight excluding hydrogens is 414 g/mol. The average molecular weight is 446 g/mol. The smallest absolute Gasteiger partial charge is 0.139 e. The number of ether oxygens (including phenoxy) is 1. The Morgan fingerprint density at radius 2 is 1.97 bits per heavy atom. The van der Waals surface area contributed by atoms with E-state index >= 15 is 0 Å². The van der Waals surface area contributed by atoms with E-state index in [2.05, 4.69) is 64.2 Å². The molecule has 1 aliphatic carbocycles. The van der Waals surface area contributed by atoms with Gasteiger partial charge in [-0.25, -0.2) is 9.67 Å². The minimum atomic E-state index is -1.13. The second-order valence-corrected chi connectivity index (χ2v) is 15.6. The predicted octanol–water partition coefficient (Wildman–Crippen LogP) is 5.76. The van der Waals surface area contributed by atoms with Gasteiger partial charge < -0.3 is 9.14 Å². The Morgan fingerprint density at radius 3 is 2.72 bits per heavy atom. The van der Waals surface area contributed by atoms with E-state index < -0.39 is 8.07 Å². The molecule has 1 saturated carbocycles. The summed E-state index contributed by atoms with van der Waals surface area (Å²) in [5, 5.41) is 5.08. The summed E-state index contributed by atoms with van der Waals surface area (Å²) in [6.45, 7) is 10.4. The first-order valence-electron chi connectivity index (χ1n) is 11.4. The number of aromatic nitrogens is 5. The molecule has 0 unspecified atom stereocenters. The van der Waals surface area contributed by atoms with Gasteiger partial charge in [-0.2, -0.15) is 5.10 Å². The minimum absolute atomic E-state index is 0.489. The van der Waals surface area contributed by atoms with Gasteiger partial charge in [-0.1, -0.05) is 25.7 Å². The molecule has 4 heterocycles. The topological polar surface area (TPSA) is 57.2 Å². The third-order valence-electron chi connectivity index (χ3n) is 5.97. The van der Waals surface area contributed by atoms with Crippen molar-refractivity contribution < 1.29 is 4.74 Å². The molecule has 0 N–H and O–H groups in total. The van der Waals surface area contributed by atoms with Gasteiger partial charge >= 0.3 is 0 Å². The highest BCUT2D eigenvalue weighted by molar-refractivity contribution is 6.76. The Labute approximate surface area is 190 Å². The molecule has 0 aromatic carbocycles. The van der Waals surface area contributed by atoms with Crippen LogP contribution >= 0.6 is 0 Å². The van der Waals surface area contributed by atoms with E-state index in [9.17, 15) is 0 Å². The quantitative estimate of drug-likeness (QED) is 0.256. The molecule has 4 aromatic heterocycles. The molecule has 166 valence electrons. The molecule has 0 saturated heterocycles. The number of fused-ring (bicyclic) bond motifs is 1. The van der Waals surface area contributed by atoms with Crippen molar-refractivity contribution in [1.82, 2.24) is 24.1 Å². The van der Waals surface area contributed by atoms with Gasteiger partial charge in [0.05, 0.1) is 11.4 Å². The van der Waals surface area contributed by atoms with Crippen LogP contribution in [0.3, 0.4) is 0 Å². The molecule has 32 heavy (non-hydrogen) atoms. The summed E-state index contributed by atoms with van der Waals surface area (Å²) in [7, 11) is -1.13. The largest absolute Gasteiger partial charge is 0.360 e. The van der Waals surface area contributed by atoms with Crippen molar-refractivity contribution in [2.24, 2.45) is 0 Å². The minimum Gasteiger partial charge on any atom is -0.360 e.